The van der Waals surface area contributed by atoms with Gasteiger partial charge < -0.3 is 10.4 Å². The lowest BCUT2D eigenvalue weighted by Crippen LogP contribution is -2.43. The highest BCUT2D eigenvalue weighted by Gasteiger charge is 2.21. The molecule has 2 N–H and O–H groups in total. The number of benzene rings is 2. The normalized spacial score (nSPS) is 11.7. The van der Waals surface area contributed by atoms with Crippen molar-refractivity contribution in [2.75, 3.05) is 0 Å². The third kappa shape index (κ3) is 5.31. The van der Waals surface area contributed by atoms with Crippen molar-refractivity contribution < 1.29 is 19.1 Å². The lowest BCUT2D eigenvalue weighted by molar-refractivity contribution is -0.141. The van der Waals surface area contributed by atoms with Gasteiger partial charge in [0.05, 0.1) is 6.42 Å². The summed E-state index contributed by atoms with van der Waals surface area (Å²) in [4.78, 5) is 23.4. The molecule has 6 heteroatoms. The van der Waals surface area contributed by atoms with Crippen LogP contribution in [0.15, 0.2) is 48.5 Å². The molecule has 0 bridgehead atoms. The summed E-state index contributed by atoms with van der Waals surface area (Å²) in [6.07, 6.45) is 0.136. The monoisotopic (exact) mass is 427 g/mol. The lowest BCUT2D eigenvalue weighted by atomic mass is 10.1. The van der Waals surface area contributed by atoms with E-state index in [1.807, 2.05) is 24.3 Å². The average molecular weight is 427 g/mol. The Bertz CT molecular complexity index is 720. The Morgan fingerprint density at radius 1 is 1.17 bits per heavy atom. The summed E-state index contributed by atoms with van der Waals surface area (Å²) in [5.74, 6) is -1.98. The van der Waals surface area contributed by atoms with E-state index in [4.69, 9.17) is 0 Å². The largest absolute Gasteiger partial charge is 0.480 e. The summed E-state index contributed by atoms with van der Waals surface area (Å²) in [5.41, 5.74) is 1.35. The summed E-state index contributed by atoms with van der Waals surface area (Å²) < 4.78 is 14.1. The predicted molar refractivity (Wildman–Crippen MR) is 92.5 cm³/mol. The number of carboxylic acid groups (broad SMARTS) is 1. The van der Waals surface area contributed by atoms with Gasteiger partial charge in [-0.1, -0.05) is 30.3 Å². The molecule has 0 saturated carbocycles. The third-order valence-corrected chi connectivity index (χ3v) is 4.32. The average Bonchev–Trinajstić information content (AvgIpc) is 2.48. The maximum absolute atomic E-state index is 13.1. The minimum atomic E-state index is -1.10. The van der Waals surface area contributed by atoms with Crippen molar-refractivity contribution in [3.05, 3.63) is 69.0 Å². The molecular weight excluding hydrogens is 412 g/mol. The van der Waals surface area contributed by atoms with E-state index in [2.05, 4.69) is 27.9 Å². The number of nitrogens with one attached hydrogen (secondary N) is 1. The standard InChI is InChI=1S/C17H15FINO3/c18-13-6-3-4-11(8-13)9-16(21)20-15(17(22)23)10-12-5-1-2-7-14(12)19/h1-8,15H,9-10H2,(H,20,21)(H,22,23)/t15-/m0/s1. The number of hydrogen-bond donors (Lipinski definition) is 2. The molecule has 0 aliphatic heterocycles. The highest BCUT2D eigenvalue weighted by atomic mass is 127. The van der Waals surface area contributed by atoms with Gasteiger partial charge in [-0.05, 0) is 51.9 Å². The van der Waals surface area contributed by atoms with Gasteiger partial charge in [0.1, 0.15) is 11.9 Å². The quantitative estimate of drug-likeness (QED) is 0.697. The summed E-state index contributed by atoms with van der Waals surface area (Å²) in [6, 6.07) is 12.1. The van der Waals surface area contributed by atoms with Gasteiger partial charge in [-0.25, -0.2) is 9.18 Å². The highest BCUT2D eigenvalue weighted by Crippen LogP contribution is 2.14. The number of hydrogen-bond acceptors (Lipinski definition) is 2. The van der Waals surface area contributed by atoms with Crippen LogP contribution in [-0.4, -0.2) is 23.0 Å². The van der Waals surface area contributed by atoms with Gasteiger partial charge in [0.2, 0.25) is 5.91 Å². The molecule has 0 aliphatic rings. The number of carbonyl (C=O) groups is 2. The van der Waals surface area contributed by atoms with Crippen LogP contribution in [0.25, 0.3) is 0 Å². The van der Waals surface area contributed by atoms with Crippen LogP contribution >= 0.6 is 22.6 Å². The molecule has 2 aromatic rings. The number of rotatable bonds is 6. The van der Waals surface area contributed by atoms with Crippen LogP contribution in [0.5, 0.6) is 0 Å². The second-order valence-corrected chi connectivity index (χ2v) is 6.22. The highest BCUT2D eigenvalue weighted by molar-refractivity contribution is 14.1. The van der Waals surface area contributed by atoms with Crippen molar-refractivity contribution >= 4 is 34.5 Å². The molecule has 0 unspecified atom stereocenters. The van der Waals surface area contributed by atoms with Crippen molar-refractivity contribution in [1.82, 2.24) is 5.32 Å². The molecule has 0 aliphatic carbocycles. The molecule has 2 rings (SSSR count). The van der Waals surface area contributed by atoms with E-state index >= 15 is 0 Å². The number of amides is 1. The molecule has 0 saturated heterocycles. The van der Waals surface area contributed by atoms with E-state index in [0.29, 0.717) is 5.56 Å². The van der Waals surface area contributed by atoms with Crippen molar-refractivity contribution in [3.63, 3.8) is 0 Å². The van der Waals surface area contributed by atoms with E-state index in [0.717, 1.165) is 9.13 Å². The Kier molecular flexibility index (Phi) is 6.09. The number of halogens is 2. The maximum Gasteiger partial charge on any atom is 0.326 e. The first-order chi connectivity index (χ1) is 11.0. The second-order valence-electron chi connectivity index (χ2n) is 5.06. The minimum absolute atomic E-state index is 0.0621. The van der Waals surface area contributed by atoms with Gasteiger partial charge in [0.15, 0.2) is 0 Å². The fraction of sp³-hybridized carbons (Fsp3) is 0.176. The van der Waals surface area contributed by atoms with Crippen LogP contribution < -0.4 is 5.32 Å². The second kappa shape index (κ2) is 8.05. The molecule has 0 spiro atoms. The molecule has 0 fully saturated rings. The molecule has 0 aromatic heterocycles. The zero-order valence-electron chi connectivity index (χ0n) is 12.1. The molecule has 2 aromatic carbocycles. The molecule has 0 heterocycles. The van der Waals surface area contributed by atoms with E-state index in [-0.39, 0.29) is 12.8 Å². The van der Waals surface area contributed by atoms with Crippen LogP contribution in [0.2, 0.25) is 0 Å². The van der Waals surface area contributed by atoms with Crippen molar-refractivity contribution in [3.8, 4) is 0 Å². The van der Waals surface area contributed by atoms with Crippen LogP contribution in [0, 0.1) is 9.39 Å². The number of carboxylic acids is 1. The molecule has 0 radical (unpaired) electrons. The van der Waals surface area contributed by atoms with Crippen molar-refractivity contribution in [2.45, 2.75) is 18.9 Å². The summed E-state index contributed by atoms with van der Waals surface area (Å²) in [7, 11) is 0. The third-order valence-electron chi connectivity index (χ3n) is 3.27. The first kappa shape index (κ1) is 17.4. The Morgan fingerprint density at radius 2 is 1.91 bits per heavy atom. The van der Waals surface area contributed by atoms with Gasteiger partial charge >= 0.3 is 5.97 Å². The molecule has 1 atom stereocenters. The van der Waals surface area contributed by atoms with Crippen molar-refractivity contribution in [2.24, 2.45) is 0 Å². The topological polar surface area (TPSA) is 66.4 Å². The van der Waals surface area contributed by atoms with Gasteiger partial charge in [0.25, 0.3) is 0 Å². The minimum Gasteiger partial charge on any atom is -0.480 e. The molecule has 4 nitrogen and oxygen atoms in total. The Labute approximate surface area is 146 Å². The SMILES string of the molecule is O=C(Cc1cccc(F)c1)N[C@@H](Cc1ccccc1I)C(=O)O. The molecule has 1 amide bonds. The summed E-state index contributed by atoms with van der Waals surface area (Å²) in [5, 5.41) is 11.8. The zero-order valence-corrected chi connectivity index (χ0v) is 14.3. The van der Waals surface area contributed by atoms with Gasteiger partial charge in [-0.3, -0.25) is 4.79 Å². The van der Waals surface area contributed by atoms with Gasteiger partial charge in [-0.15, -0.1) is 0 Å². The van der Waals surface area contributed by atoms with Gasteiger partial charge in [-0.2, -0.15) is 0 Å². The summed E-state index contributed by atoms with van der Waals surface area (Å²) in [6.45, 7) is 0. The van der Waals surface area contributed by atoms with Crippen molar-refractivity contribution in [1.29, 1.82) is 0 Å². The molecule has 23 heavy (non-hydrogen) atoms. The zero-order chi connectivity index (χ0) is 16.8. The maximum atomic E-state index is 13.1. The predicted octanol–water partition coefficient (Wildman–Crippen LogP) is 2.78. The number of aliphatic carboxylic acids is 1. The van der Waals surface area contributed by atoms with E-state index in [1.165, 1.54) is 18.2 Å². The lowest BCUT2D eigenvalue weighted by Gasteiger charge is -2.15. The van der Waals surface area contributed by atoms with E-state index in [1.54, 1.807) is 6.07 Å². The van der Waals surface area contributed by atoms with Crippen LogP contribution in [0.1, 0.15) is 11.1 Å². The van der Waals surface area contributed by atoms with Crippen LogP contribution in [0.3, 0.4) is 0 Å². The molecular formula is C17H15FINO3. The van der Waals surface area contributed by atoms with Crippen LogP contribution in [0.4, 0.5) is 4.39 Å². The smallest absolute Gasteiger partial charge is 0.326 e. The van der Waals surface area contributed by atoms with E-state index < -0.39 is 23.7 Å². The Hall–Kier alpha value is -1.96. The van der Waals surface area contributed by atoms with E-state index in [9.17, 15) is 19.1 Å². The summed E-state index contributed by atoms with van der Waals surface area (Å²) >= 11 is 2.13. The fourth-order valence-corrected chi connectivity index (χ4v) is 2.77. The number of carbonyl (C=O) groups excluding carboxylic acids is 1. The van der Waals surface area contributed by atoms with Crippen LogP contribution in [-0.2, 0) is 22.4 Å². The first-order valence-electron chi connectivity index (χ1n) is 6.95. The van der Waals surface area contributed by atoms with Gasteiger partial charge in [0, 0.05) is 9.99 Å². The Balaban J connectivity index is 2.03. The Morgan fingerprint density at radius 3 is 2.57 bits per heavy atom. The molecule has 120 valence electrons. The first-order valence-corrected chi connectivity index (χ1v) is 8.03. The fourth-order valence-electron chi connectivity index (χ4n) is 2.16.